The fourth-order valence-electron chi connectivity index (χ4n) is 1.93. The van der Waals surface area contributed by atoms with E-state index in [-0.39, 0.29) is 6.04 Å². The average molecular weight is 347 g/mol. The zero-order chi connectivity index (χ0) is 14.0. The molecular formula is C14H11BrClF2N. The van der Waals surface area contributed by atoms with Gasteiger partial charge in [0.1, 0.15) is 0 Å². The lowest BCUT2D eigenvalue weighted by molar-refractivity contribution is 0.505. The highest BCUT2D eigenvalue weighted by Gasteiger charge is 2.16. The van der Waals surface area contributed by atoms with E-state index < -0.39 is 11.6 Å². The summed E-state index contributed by atoms with van der Waals surface area (Å²) in [5, 5.41) is 3.69. The molecule has 0 amide bonds. The van der Waals surface area contributed by atoms with Crippen LogP contribution in [0.5, 0.6) is 0 Å². The van der Waals surface area contributed by atoms with Crippen molar-refractivity contribution in [1.82, 2.24) is 5.32 Å². The molecule has 1 nitrogen and oxygen atoms in total. The van der Waals surface area contributed by atoms with E-state index in [4.69, 9.17) is 11.6 Å². The van der Waals surface area contributed by atoms with Gasteiger partial charge >= 0.3 is 0 Å². The summed E-state index contributed by atoms with van der Waals surface area (Å²) in [4.78, 5) is 0. The molecule has 1 unspecified atom stereocenters. The summed E-state index contributed by atoms with van der Waals surface area (Å²) in [6, 6.07) is 8.99. The third-order valence-corrected chi connectivity index (χ3v) is 3.76. The molecular weight excluding hydrogens is 336 g/mol. The number of hydrogen-bond donors (Lipinski definition) is 1. The van der Waals surface area contributed by atoms with E-state index in [2.05, 4.69) is 21.2 Å². The molecule has 0 saturated carbocycles. The third kappa shape index (κ3) is 3.14. The number of nitrogens with one attached hydrogen (secondary N) is 1. The lowest BCUT2D eigenvalue weighted by Gasteiger charge is -2.19. The molecule has 0 radical (unpaired) electrons. The van der Waals surface area contributed by atoms with Gasteiger partial charge in [0.15, 0.2) is 11.6 Å². The Hall–Kier alpha value is -0.970. The zero-order valence-electron chi connectivity index (χ0n) is 10.1. The minimum Gasteiger partial charge on any atom is -0.309 e. The summed E-state index contributed by atoms with van der Waals surface area (Å²) in [5.41, 5.74) is 1.54. The summed E-state index contributed by atoms with van der Waals surface area (Å²) in [5.74, 6) is -1.71. The summed E-state index contributed by atoms with van der Waals surface area (Å²) >= 11 is 9.32. The Morgan fingerprint density at radius 3 is 2.42 bits per heavy atom. The van der Waals surface area contributed by atoms with Crippen molar-refractivity contribution >= 4 is 27.5 Å². The molecule has 0 aromatic heterocycles. The second-order valence-corrected chi connectivity index (χ2v) is 5.35. The molecule has 100 valence electrons. The normalized spacial score (nSPS) is 12.5. The predicted molar refractivity (Wildman–Crippen MR) is 76.4 cm³/mol. The molecule has 1 N–H and O–H groups in total. The van der Waals surface area contributed by atoms with E-state index in [1.807, 2.05) is 6.07 Å². The van der Waals surface area contributed by atoms with Crippen LogP contribution in [0.4, 0.5) is 8.78 Å². The second-order valence-electron chi connectivity index (χ2n) is 4.06. The van der Waals surface area contributed by atoms with Gasteiger partial charge in [-0.3, -0.25) is 0 Å². The van der Waals surface area contributed by atoms with Gasteiger partial charge in [0.05, 0.1) is 6.04 Å². The van der Waals surface area contributed by atoms with Gasteiger partial charge in [-0.15, -0.1) is 0 Å². The molecule has 0 aliphatic rings. The fraction of sp³-hybridized carbons (Fsp3) is 0.143. The molecule has 0 saturated heterocycles. The maximum atomic E-state index is 13.3. The van der Waals surface area contributed by atoms with Crippen LogP contribution in [0.3, 0.4) is 0 Å². The SMILES string of the molecule is CNC(c1ccc(F)c(F)c1)c1ccc(Cl)cc1Br. The standard InChI is InChI=1S/C14H11BrClF2N/c1-19-14(8-2-5-12(17)13(18)6-8)10-4-3-9(16)7-11(10)15/h2-7,14,19H,1H3. The lowest BCUT2D eigenvalue weighted by Crippen LogP contribution is -2.18. The second kappa shape index (κ2) is 5.99. The van der Waals surface area contributed by atoms with Crippen molar-refractivity contribution in [1.29, 1.82) is 0 Å². The summed E-state index contributed by atoms with van der Waals surface area (Å²) in [6.45, 7) is 0. The molecule has 2 rings (SSSR count). The Bertz CT molecular complexity index is 604. The van der Waals surface area contributed by atoms with E-state index in [1.54, 1.807) is 25.2 Å². The van der Waals surface area contributed by atoms with Crippen molar-refractivity contribution < 1.29 is 8.78 Å². The van der Waals surface area contributed by atoms with E-state index in [1.165, 1.54) is 6.07 Å². The van der Waals surface area contributed by atoms with Gasteiger partial charge in [0.25, 0.3) is 0 Å². The molecule has 2 aromatic carbocycles. The number of rotatable bonds is 3. The van der Waals surface area contributed by atoms with Gasteiger partial charge in [-0.1, -0.05) is 39.7 Å². The minimum absolute atomic E-state index is 0.248. The van der Waals surface area contributed by atoms with Crippen LogP contribution < -0.4 is 5.32 Å². The van der Waals surface area contributed by atoms with Crippen molar-refractivity contribution in [3.05, 3.63) is 68.7 Å². The molecule has 0 fully saturated rings. The van der Waals surface area contributed by atoms with Crippen LogP contribution in [0.2, 0.25) is 5.02 Å². The van der Waals surface area contributed by atoms with E-state index in [0.29, 0.717) is 10.6 Å². The van der Waals surface area contributed by atoms with Gasteiger partial charge in [-0.2, -0.15) is 0 Å². The quantitative estimate of drug-likeness (QED) is 0.850. The summed E-state index contributed by atoms with van der Waals surface area (Å²) in [6.07, 6.45) is 0. The van der Waals surface area contributed by atoms with E-state index in [9.17, 15) is 8.78 Å². The Morgan fingerprint density at radius 2 is 1.84 bits per heavy atom. The van der Waals surface area contributed by atoms with E-state index >= 15 is 0 Å². The average Bonchev–Trinajstić information content (AvgIpc) is 2.37. The topological polar surface area (TPSA) is 12.0 Å². The predicted octanol–water partition coefficient (Wildman–Crippen LogP) is 4.69. The molecule has 0 aliphatic heterocycles. The minimum atomic E-state index is -0.858. The Morgan fingerprint density at radius 1 is 1.11 bits per heavy atom. The van der Waals surface area contributed by atoms with Crippen LogP contribution in [-0.4, -0.2) is 7.05 Å². The van der Waals surface area contributed by atoms with Gasteiger partial charge in [0.2, 0.25) is 0 Å². The highest BCUT2D eigenvalue weighted by atomic mass is 79.9. The molecule has 0 bridgehead atoms. The molecule has 2 aromatic rings. The highest BCUT2D eigenvalue weighted by Crippen LogP contribution is 2.31. The van der Waals surface area contributed by atoms with Gasteiger partial charge in [-0.25, -0.2) is 8.78 Å². The Kier molecular flexibility index (Phi) is 4.55. The number of hydrogen-bond acceptors (Lipinski definition) is 1. The van der Waals surface area contributed by atoms with Crippen molar-refractivity contribution in [2.45, 2.75) is 6.04 Å². The van der Waals surface area contributed by atoms with Crippen molar-refractivity contribution in [2.75, 3.05) is 7.05 Å². The van der Waals surface area contributed by atoms with Crippen molar-refractivity contribution in [2.24, 2.45) is 0 Å². The smallest absolute Gasteiger partial charge is 0.159 e. The first-order valence-electron chi connectivity index (χ1n) is 5.60. The van der Waals surface area contributed by atoms with Gasteiger partial charge < -0.3 is 5.32 Å². The molecule has 0 spiro atoms. The summed E-state index contributed by atoms with van der Waals surface area (Å²) < 4.78 is 27.1. The lowest BCUT2D eigenvalue weighted by atomic mass is 9.99. The van der Waals surface area contributed by atoms with Gasteiger partial charge in [0, 0.05) is 9.50 Å². The fourth-order valence-corrected chi connectivity index (χ4v) is 2.84. The van der Waals surface area contributed by atoms with E-state index in [0.717, 1.165) is 16.1 Å². The van der Waals surface area contributed by atoms with Gasteiger partial charge in [-0.05, 0) is 42.4 Å². The van der Waals surface area contributed by atoms with Crippen molar-refractivity contribution in [3.8, 4) is 0 Å². The first-order chi connectivity index (χ1) is 9.02. The first-order valence-corrected chi connectivity index (χ1v) is 6.77. The Labute approximate surface area is 123 Å². The maximum Gasteiger partial charge on any atom is 0.159 e. The molecule has 0 heterocycles. The highest BCUT2D eigenvalue weighted by molar-refractivity contribution is 9.10. The maximum absolute atomic E-state index is 13.3. The van der Waals surface area contributed by atoms with Crippen LogP contribution in [0, 0.1) is 11.6 Å². The van der Waals surface area contributed by atoms with Crippen LogP contribution in [0.1, 0.15) is 17.2 Å². The van der Waals surface area contributed by atoms with Crippen LogP contribution in [-0.2, 0) is 0 Å². The van der Waals surface area contributed by atoms with Crippen LogP contribution in [0.15, 0.2) is 40.9 Å². The number of benzene rings is 2. The monoisotopic (exact) mass is 345 g/mol. The first kappa shape index (κ1) is 14.4. The largest absolute Gasteiger partial charge is 0.309 e. The van der Waals surface area contributed by atoms with Crippen molar-refractivity contribution in [3.63, 3.8) is 0 Å². The summed E-state index contributed by atoms with van der Waals surface area (Å²) in [7, 11) is 1.76. The zero-order valence-corrected chi connectivity index (χ0v) is 12.4. The third-order valence-electron chi connectivity index (χ3n) is 2.84. The molecule has 0 aliphatic carbocycles. The molecule has 19 heavy (non-hydrogen) atoms. The number of halogens is 4. The van der Waals surface area contributed by atoms with Crippen LogP contribution >= 0.6 is 27.5 Å². The molecule has 5 heteroatoms. The van der Waals surface area contributed by atoms with Crippen LogP contribution in [0.25, 0.3) is 0 Å². The molecule has 1 atom stereocenters. The Balaban J connectivity index is 2.46.